The summed E-state index contributed by atoms with van der Waals surface area (Å²) in [5, 5.41) is 32.6. The molecule has 13 atom stereocenters. The third-order valence-corrected chi connectivity index (χ3v) is 19.5. The van der Waals surface area contributed by atoms with E-state index in [9.17, 15) is 15.3 Å². The van der Waals surface area contributed by atoms with E-state index in [0.29, 0.717) is 64.6 Å². The van der Waals surface area contributed by atoms with E-state index in [-0.39, 0.29) is 43.4 Å². The summed E-state index contributed by atoms with van der Waals surface area (Å²) in [5.74, 6) is -1.47. The molecule has 0 aromatic heterocycles. The van der Waals surface area contributed by atoms with Gasteiger partial charge in [0.05, 0.1) is 62.3 Å². The Balaban J connectivity index is 1.29. The van der Waals surface area contributed by atoms with Crippen LogP contribution in [0.25, 0.3) is 0 Å². The second-order valence-electron chi connectivity index (χ2n) is 18.2. The minimum atomic E-state index is -2.01. The fraction of sp³-hybridized carbons (Fsp3) is 0.755. The van der Waals surface area contributed by atoms with Gasteiger partial charge in [-0.3, -0.25) is 0 Å². The molecule has 2 spiro atoms. The standard InChI is InChI=1S/C49H79ClO12Si/c1-9-63(10-2,11-3)61-42-31-49(60-39(42)26-29-57-32-36-16-13-12-14-17-36)35(5)25-27-48(62-49)30-43(56-8)44(50)40(59-48)24-19-34(4)45(52)46(53)47(41(55-7)18-15-28-51)58-33-37-20-22-38(54-6)23-21-37/h12-14,16-17,20-23,34-35,39-47,51-53H,9-11,15,18-19,24-33H2,1-8H3/t34-,35-,39-,40+,41-,42-,43+,44+,45-,46-,47-,48+,49+/m0/s1. The van der Waals surface area contributed by atoms with E-state index in [4.69, 9.17) is 53.9 Å². The van der Waals surface area contributed by atoms with Gasteiger partial charge in [-0.15, -0.1) is 11.6 Å². The molecule has 0 unspecified atom stereocenters. The molecule has 358 valence electrons. The zero-order chi connectivity index (χ0) is 45.6. The molecule has 3 heterocycles. The molecule has 2 aromatic carbocycles. The van der Waals surface area contributed by atoms with Crippen LogP contribution >= 0.6 is 11.6 Å². The quantitative estimate of drug-likeness (QED) is 0.0473. The molecule has 5 rings (SSSR count). The van der Waals surface area contributed by atoms with Gasteiger partial charge in [0, 0.05) is 52.6 Å². The van der Waals surface area contributed by atoms with Crippen molar-refractivity contribution < 1.29 is 57.6 Å². The zero-order valence-electron chi connectivity index (χ0n) is 39.3. The molecular weight excluding hydrogens is 844 g/mol. The zero-order valence-corrected chi connectivity index (χ0v) is 41.0. The van der Waals surface area contributed by atoms with Gasteiger partial charge in [-0.25, -0.2) is 0 Å². The first kappa shape index (κ1) is 52.3. The summed E-state index contributed by atoms with van der Waals surface area (Å²) < 4.78 is 58.3. The molecule has 63 heavy (non-hydrogen) atoms. The number of methoxy groups -OCH3 is 3. The van der Waals surface area contributed by atoms with Crippen molar-refractivity contribution in [3.63, 3.8) is 0 Å². The van der Waals surface area contributed by atoms with Gasteiger partial charge in [0.15, 0.2) is 19.9 Å². The van der Waals surface area contributed by atoms with Crippen molar-refractivity contribution in [1.82, 2.24) is 0 Å². The lowest BCUT2D eigenvalue weighted by atomic mass is 9.82. The second kappa shape index (κ2) is 24.9. The molecule has 3 saturated heterocycles. The molecule has 0 bridgehead atoms. The normalized spacial score (nSPS) is 30.0. The van der Waals surface area contributed by atoms with Crippen molar-refractivity contribution in [3.05, 3.63) is 65.7 Å². The molecule has 0 amide bonds. The highest BCUT2D eigenvalue weighted by atomic mass is 35.5. The average Bonchev–Trinajstić information content (AvgIpc) is 3.65. The van der Waals surface area contributed by atoms with Crippen LogP contribution in [0.2, 0.25) is 18.1 Å². The van der Waals surface area contributed by atoms with Gasteiger partial charge >= 0.3 is 0 Å². The Hall–Kier alpha value is -1.69. The van der Waals surface area contributed by atoms with Crippen LogP contribution in [0, 0.1) is 11.8 Å². The van der Waals surface area contributed by atoms with E-state index >= 15 is 0 Å². The van der Waals surface area contributed by atoms with Crippen molar-refractivity contribution >= 4 is 19.9 Å². The highest BCUT2D eigenvalue weighted by molar-refractivity contribution is 6.73. The van der Waals surface area contributed by atoms with Crippen LogP contribution in [0.4, 0.5) is 0 Å². The van der Waals surface area contributed by atoms with Crippen molar-refractivity contribution in [1.29, 1.82) is 0 Å². The van der Waals surface area contributed by atoms with Gasteiger partial charge in [-0.1, -0.05) is 77.1 Å². The highest BCUT2D eigenvalue weighted by Gasteiger charge is 2.61. The Labute approximate surface area is 383 Å². The molecule has 2 aromatic rings. The van der Waals surface area contributed by atoms with Crippen LogP contribution in [0.15, 0.2) is 54.6 Å². The van der Waals surface area contributed by atoms with E-state index < -0.39 is 55.8 Å². The number of alkyl halides is 1. The van der Waals surface area contributed by atoms with Gasteiger partial charge in [0.1, 0.15) is 18.0 Å². The average molecular weight is 924 g/mol. The lowest BCUT2D eigenvalue weighted by molar-refractivity contribution is -0.414. The first-order chi connectivity index (χ1) is 30.3. The van der Waals surface area contributed by atoms with Crippen LogP contribution in [-0.2, 0) is 50.8 Å². The predicted molar refractivity (Wildman–Crippen MR) is 246 cm³/mol. The van der Waals surface area contributed by atoms with Gasteiger partial charge < -0.3 is 57.6 Å². The van der Waals surface area contributed by atoms with Crippen molar-refractivity contribution in [2.45, 2.75) is 190 Å². The van der Waals surface area contributed by atoms with Gasteiger partial charge in [0.2, 0.25) is 0 Å². The van der Waals surface area contributed by atoms with Crippen molar-refractivity contribution in [3.8, 4) is 5.75 Å². The minimum Gasteiger partial charge on any atom is -0.497 e. The number of halogens is 1. The van der Waals surface area contributed by atoms with Gasteiger partial charge in [-0.05, 0) is 85.8 Å². The van der Waals surface area contributed by atoms with Crippen LogP contribution in [0.3, 0.4) is 0 Å². The molecule has 0 saturated carbocycles. The number of benzene rings is 2. The summed E-state index contributed by atoms with van der Waals surface area (Å²) in [6.07, 6.45) is 0.134. The van der Waals surface area contributed by atoms with Crippen LogP contribution in [-0.4, -0.2) is 124 Å². The summed E-state index contributed by atoms with van der Waals surface area (Å²) in [6, 6.07) is 20.8. The summed E-state index contributed by atoms with van der Waals surface area (Å²) in [6.45, 7) is 12.1. The molecule has 14 heteroatoms. The molecule has 12 nitrogen and oxygen atoms in total. The van der Waals surface area contributed by atoms with E-state index in [1.807, 2.05) is 49.4 Å². The van der Waals surface area contributed by atoms with E-state index in [0.717, 1.165) is 41.4 Å². The topological polar surface area (TPSA) is 144 Å². The molecule has 3 aliphatic rings. The van der Waals surface area contributed by atoms with Crippen LogP contribution in [0.1, 0.15) is 104 Å². The smallest absolute Gasteiger partial charge is 0.192 e. The van der Waals surface area contributed by atoms with Gasteiger partial charge in [-0.2, -0.15) is 0 Å². The maximum absolute atomic E-state index is 11.7. The molecule has 3 N–H and O–H groups in total. The van der Waals surface area contributed by atoms with Crippen molar-refractivity contribution in [2.24, 2.45) is 11.8 Å². The second-order valence-corrected chi connectivity index (χ2v) is 23.5. The Kier molecular flexibility index (Phi) is 20.7. The maximum Gasteiger partial charge on any atom is 0.192 e. The summed E-state index contributed by atoms with van der Waals surface area (Å²) in [4.78, 5) is 0. The first-order valence-electron chi connectivity index (χ1n) is 23.6. The number of rotatable bonds is 26. The summed E-state index contributed by atoms with van der Waals surface area (Å²) >= 11 is 7.17. The Morgan fingerprint density at radius 3 is 2.17 bits per heavy atom. The minimum absolute atomic E-state index is 0.0289. The van der Waals surface area contributed by atoms with E-state index in [1.165, 1.54) is 0 Å². The summed E-state index contributed by atoms with van der Waals surface area (Å²) in [7, 11) is 2.84. The Morgan fingerprint density at radius 1 is 0.841 bits per heavy atom. The number of hydrogen-bond donors (Lipinski definition) is 3. The monoisotopic (exact) mass is 923 g/mol. The van der Waals surface area contributed by atoms with E-state index in [1.54, 1.807) is 21.3 Å². The first-order valence-corrected chi connectivity index (χ1v) is 26.6. The van der Waals surface area contributed by atoms with Crippen LogP contribution < -0.4 is 4.74 Å². The maximum atomic E-state index is 11.7. The Bertz CT molecular complexity index is 1580. The van der Waals surface area contributed by atoms with Crippen LogP contribution in [0.5, 0.6) is 5.75 Å². The molecule has 0 aliphatic carbocycles. The number of ether oxygens (including phenoxy) is 8. The molecule has 3 fully saturated rings. The van der Waals surface area contributed by atoms with E-state index in [2.05, 4.69) is 39.8 Å². The van der Waals surface area contributed by atoms with Gasteiger partial charge in [0.25, 0.3) is 0 Å². The fourth-order valence-corrected chi connectivity index (χ4v) is 13.1. The third kappa shape index (κ3) is 13.5. The lowest BCUT2D eigenvalue weighted by Gasteiger charge is -2.54. The summed E-state index contributed by atoms with van der Waals surface area (Å²) in [5.41, 5.74) is 2.02. The predicted octanol–water partition coefficient (Wildman–Crippen LogP) is 8.54. The molecule has 0 radical (unpaired) electrons. The number of aliphatic hydroxyl groups excluding tert-OH is 3. The SMILES string of the molecule is CC[Si](CC)(CC)O[C@H]1C[C@@]2(O[C@H]1CCOCc1ccccc1)O[C@]1(CC[C@@H]2C)C[C@@H](OC)[C@H](Cl)[C@@H](CC[C@H](C)[C@H](O)[C@H](O)[C@@H](OCc2ccc(OC)cc2)[C@H](CCCO)OC)O1. The number of hydrogen-bond acceptors (Lipinski definition) is 12. The lowest BCUT2D eigenvalue weighted by Crippen LogP contribution is -2.61. The molecular formula is C49H79ClO12Si. The number of aliphatic hydroxyl groups is 3. The third-order valence-electron chi connectivity index (χ3n) is 14.3. The largest absolute Gasteiger partial charge is 0.497 e. The highest BCUT2D eigenvalue weighted by Crippen LogP contribution is 2.53. The van der Waals surface area contributed by atoms with Crippen molar-refractivity contribution in [2.75, 3.05) is 34.5 Å². The Morgan fingerprint density at radius 2 is 1.54 bits per heavy atom. The fourth-order valence-electron chi connectivity index (χ4n) is 9.83. The molecule has 3 aliphatic heterocycles.